The number of aliphatic imine (C=N–C) groups is 1. The van der Waals surface area contributed by atoms with Crippen LogP contribution in [0.3, 0.4) is 0 Å². The number of aryl methyl sites for hydroxylation is 2. The van der Waals surface area contributed by atoms with Gasteiger partial charge in [0, 0.05) is 30.7 Å². The van der Waals surface area contributed by atoms with Gasteiger partial charge in [-0.1, -0.05) is 0 Å². The number of hydrogen-bond donors (Lipinski definition) is 1. The lowest BCUT2D eigenvalue weighted by Gasteiger charge is -2.19. The summed E-state index contributed by atoms with van der Waals surface area (Å²) in [6.45, 7) is 8.88. The average molecular weight is 396 g/mol. The molecule has 1 heterocycles. The van der Waals surface area contributed by atoms with Crippen molar-refractivity contribution in [3.63, 3.8) is 0 Å². The maximum Gasteiger partial charge on any atom is 0.191 e. The molecule has 0 unspecified atom stereocenters. The van der Waals surface area contributed by atoms with Gasteiger partial charge in [-0.3, -0.25) is 4.99 Å². The number of guanidine groups is 1. The molecule has 0 fully saturated rings. The maximum atomic E-state index is 5.90. The van der Waals surface area contributed by atoms with E-state index in [2.05, 4.69) is 34.1 Å². The third-order valence-electron chi connectivity index (χ3n) is 2.83. The van der Waals surface area contributed by atoms with E-state index in [4.69, 9.17) is 5.73 Å². The molecule has 0 bridgehead atoms. The number of nitrogens with two attached hydrogens (primary N) is 1. The second-order valence-electron chi connectivity index (χ2n) is 4.25. The largest absolute Gasteiger partial charge is 0.370 e. The molecule has 110 valence electrons. The molecule has 0 aliphatic carbocycles. The fourth-order valence-corrected chi connectivity index (χ4v) is 2.56. The van der Waals surface area contributed by atoms with Gasteiger partial charge in [0.25, 0.3) is 0 Å². The summed E-state index contributed by atoms with van der Waals surface area (Å²) in [5.41, 5.74) is 7.03. The van der Waals surface area contributed by atoms with E-state index in [1.54, 1.807) is 11.3 Å². The molecule has 1 aromatic heterocycles. The molecule has 4 nitrogen and oxygen atoms in total. The highest BCUT2D eigenvalue weighted by atomic mass is 127. The van der Waals surface area contributed by atoms with Gasteiger partial charge in [-0.2, -0.15) is 0 Å². The van der Waals surface area contributed by atoms with Gasteiger partial charge in [0.2, 0.25) is 0 Å². The fraction of sp³-hybridized carbons (Fsp3) is 0.692. The van der Waals surface area contributed by atoms with Crippen molar-refractivity contribution in [3.8, 4) is 0 Å². The number of rotatable bonds is 7. The summed E-state index contributed by atoms with van der Waals surface area (Å²) < 4.78 is 0. The van der Waals surface area contributed by atoms with Crippen LogP contribution in [0, 0.1) is 6.92 Å². The maximum absolute atomic E-state index is 5.90. The predicted octanol–water partition coefficient (Wildman–Crippen LogP) is 3.05. The van der Waals surface area contributed by atoms with Gasteiger partial charge < -0.3 is 10.6 Å². The minimum atomic E-state index is 0. The Morgan fingerprint density at radius 2 is 2.05 bits per heavy atom. The smallest absolute Gasteiger partial charge is 0.191 e. The van der Waals surface area contributed by atoms with Gasteiger partial charge >= 0.3 is 0 Å². The summed E-state index contributed by atoms with van der Waals surface area (Å²) in [6, 6.07) is 0. The third kappa shape index (κ3) is 7.10. The summed E-state index contributed by atoms with van der Waals surface area (Å²) in [6.07, 6.45) is 3.25. The molecule has 0 amide bonds. The Bertz CT molecular complexity index is 374. The minimum Gasteiger partial charge on any atom is -0.370 e. The first kappa shape index (κ1) is 18.6. The average Bonchev–Trinajstić information content (AvgIpc) is 2.76. The van der Waals surface area contributed by atoms with E-state index in [1.165, 1.54) is 5.01 Å². The topological polar surface area (TPSA) is 54.5 Å². The normalized spacial score (nSPS) is 11.2. The Hall–Kier alpha value is -0.370. The number of unbranched alkanes of at least 4 members (excludes halogenated alkanes) is 1. The molecular weight excluding hydrogens is 371 g/mol. The summed E-state index contributed by atoms with van der Waals surface area (Å²) in [5.74, 6) is 0.671. The van der Waals surface area contributed by atoms with Gasteiger partial charge in [0.05, 0.1) is 5.01 Å². The third-order valence-corrected chi connectivity index (χ3v) is 3.85. The van der Waals surface area contributed by atoms with Crippen molar-refractivity contribution >= 4 is 41.3 Å². The zero-order chi connectivity index (χ0) is 13.4. The molecule has 19 heavy (non-hydrogen) atoms. The molecule has 0 radical (unpaired) electrons. The lowest BCUT2D eigenvalue weighted by Crippen LogP contribution is -2.37. The molecule has 0 saturated carbocycles. The Labute approximate surface area is 137 Å². The predicted molar refractivity (Wildman–Crippen MR) is 94.6 cm³/mol. The van der Waals surface area contributed by atoms with Crippen molar-refractivity contribution in [3.05, 3.63) is 16.1 Å². The van der Waals surface area contributed by atoms with Crippen LogP contribution in [-0.2, 0) is 6.42 Å². The Morgan fingerprint density at radius 1 is 1.37 bits per heavy atom. The zero-order valence-corrected chi connectivity index (χ0v) is 15.2. The van der Waals surface area contributed by atoms with Gasteiger partial charge in [-0.05, 0) is 40.0 Å². The first-order chi connectivity index (χ1) is 8.67. The molecule has 0 atom stereocenters. The standard InChI is InChI=1S/C13H24N4S.HI/c1-4-17(5-2)13(14)15-9-7-6-8-12-16-11(3)10-18-12;/h10H,4-9H2,1-3H3,(H2,14,15);1H. The number of aromatic nitrogens is 1. The van der Waals surface area contributed by atoms with Crippen molar-refractivity contribution in [2.24, 2.45) is 10.7 Å². The van der Waals surface area contributed by atoms with E-state index >= 15 is 0 Å². The molecule has 1 aromatic rings. The van der Waals surface area contributed by atoms with Crippen molar-refractivity contribution < 1.29 is 0 Å². The van der Waals surface area contributed by atoms with Crippen LogP contribution in [0.2, 0.25) is 0 Å². The second-order valence-corrected chi connectivity index (χ2v) is 5.19. The monoisotopic (exact) mass is 396 g/mol. The van der Waals surface area contributed by atoms with Crippen molar-refractivity contribution in [2.75, 3.05) is 19.6 Å². The highest BCUT2D eigenvalue weighted by Crippen LogP contribution is 2.11. The van der Waals surface area contributed by atoms with E-state index in [0.29, 0.717) is 5.96 Å². The molecule has 0 aliphatic heterocycles. The highest BCUT2D eigenvalue weighted by Gasteiger charge is 2.01. The van der Waals surface area contributed by atoms with Gasteiger partial charge in [0.1, 0.15) is 0 Å². The van der Waals surface area contributed by atoms with Gasteiger partial charge in [-0.25, -0.2) is 4.98 Å². The molecule has 6 heteroatoms. The van der Waals surface area contributed by atoms with Crippen LogP contribution in [0.15, 0.2) is 10.4 Å². The molecular formula is C13H25IN4S. The van der Waals surface area contributed by atoms with E-state index in [1.807, 2.05) is 6.92 Å². The number of halogens is 1. The van der Waals surface area contributed by atoms with Crippen molar-refractivity contribution in [2.45, 2.75) is 40.0 Å². The molecule has 0 spiro atoms. The quantitative estimate of drug-likeness (QED) is 0.334. The molecule has 2 N–H and O–H groups in total. The van der Waals surface area contributed by atoms with Gasteiger partial charge in [-0.15, -0.1) is 35.3 Å². The number of thiazole rings is 1. The molecule has 0 aliphatic rings. The van der Waals surface area contributed by atoms with E-state index in [0.717, 1.165) is 44.6 Å². The first-order valence-corrected chi connectivity index (χ1v) is 7.51. The number of hydrogen-bond acceptors (Lipinski definition) is 3. The van der Waals surface area contributed by atoms with Crippen molar-refractivity contribution in [1.82, 2.24) is 9.88 Å². The van der Waals surface area contributed by atoms with E-state index in [9.17, 15) is 0 Å². The van der Waals surface area contributed by atoms with Crippen LogP contribution in [0.25, 0.3) is 0 Å². The van der Waals surface area contributed by atoms with Crippen LogP contribution in [-0.4, -0.2) is 35.5 Å². The molecule has 0 aromatic carbocycles. The van der Waals surface area contributed by atoms with E-state index < -0.39 is 0 Å². The zero-order valence-electron chi connectivity index (χ0n) is 12.1. The van der Waals surface area contributed by atoms with Crippen LogP contribution in [0.5, 0.6) is 0 Å². The summed E-state index contributed by atoms with van der Waals surface area (Å²) in [4.78, 5) is 10.9. The first-order valence-electron chi connectivity index (χ1n) is 6.63. The summed E-state index contributed by atoms with van der Waals surface area (Å²) in [7, 11) is 0. The lowest BCUT2D eigenvalue weighted by atomic mass is 10.2. The van der Waals surface area contributed by atoms with E-state index in [-0.39, 0.29) is 24.0 Å². The SMILES string of the molecule is CCN(CC)C(N)=NCCCCc1nc(C)cs1.I. The molecule has 1 rings (SSSR count). The Morgan fingerprint density at radius 3 is 2.58 bits per heavy atom. The van der Waals surface area contributed by atoms with Crippen LogP contribution in [0.4, 0.5) is 0 Å². The van der Waals surface area contributed by atoms with Crippen LogP contribution < -0.4 is 5.73 Å². The van der Waals surface area contributed by atoms with Crippen LogP contribution in [0.1, 0.15) is 37.4 Å². The van der Waals surface area contributed by atoms with Gasteiger partial charge in [0.15, 0.2) is 5.96 Å². The highest BCUT2D eigenvalue weighted by molar-refractivity contribution is 14.0. The summed E-state index contributed by atoms with van der Waals surface area (Å²) in [5, 5.41) is 3.33. The lowest BCUT2D eigenvalue weighted by molar-refractivity contribution is 0.457. The van der Waals surface area contributed by atoms with Crippen LogP contribution >= 0.6 is 35.3 Å². The molecule has 0 saturated heterocycles. The summed E-state index contributed by atoms with van der Waals surface area (Å²) >= 11 is 1.75. The Kier molecular flexibility index (Phi) is 10.2. The van der Waals surface area contributed by atoms with Crippen molar-refractivity contribution in [1.29, 1.82) is 0 Å². The fourth-order valence-electron chi connectivity index (χ4n) is 1.75. The number of nitrogens with zero attached hydrogens (tertiary/aromatic N) is 3. The minimum absolute atomic E-state index is 0. The second kappa shape index (κ2) is 10.4. The Balaban J connectivity index is 0.00000324.